The lowest BCUT2D eigenvalue weighted by Gasteiger charge is -2.05. The van der Waals surface area contributed by atoms with Crippen molar-refractivity contribution in [2.24, 2.45) is 11.0 Å². The van der Waals surface area contributed by atoms with Gasteiger partial charge in [0.15, 0.2) is 0 Å². The number of nitrogens with one attached hydrogen (secondary N) is 1. The van der Waals surface area contributed by atoms with Gasteiger partial charge in [-0.05, 0) is 25.3 Å². The number of hydrazone groups is 1. The largest absolute Gasteiger partial charge is 0.282 e. The van der Waals surface area contributed by atoms with E-state index in [0.717, 1.165) is 12.1 Å². The molecule has 0 radical (unpaired) electrons. The summed E-state index contributed by atoms with van der Waals surface area (Å²) in [5, 5.41) is 14.7. The minimum Gasteiger partial charge on any atom is -0.267 e. The van der Waals surface area contributed by atoms with Crippen molar-refractivity contribution in [2.45, 2.75) is 27.2 Å². The predicted molar refractivity (Wildman–Crippen MR) is 73.1 cm³/mol. The molecule has 0 bridgehead atoms. The van der Waals surface area contributed by atoms with Crippen LogP contribution in [0.1, 0.15) is 37.6 Å². The first kappa shape index (κ1) is 14.8. The highest BCUT2D eigenvalue weighted by Crippen LogP contribution is 2.17. The molecule has 0 aliphatic carbocycles. The standard InChI is InChI=1S/C13H17N3O3/c1-9(2)8-10(3)14-15-13(17)11-6-4-5-7-12(11)16(18)19/h4-7,9H,8H2,1-3H3,(H,15,17)/b14-10+. The summed E-state index contributed by atoms with van der Waals surface area (Å²) in [5.74, 6) is -0.137. The molecule has 0 saturated heterocycles. The first-order valence-electron chi connectivity index (χ1n) is 5.98. The maximum atomic E-state index is 11.8. The monoisotopic (exact) mass is 263 g/mol. The number of nitro groups is 1. The van der Waals surface area contributed by atoms with Crippen LogP contribution >= 0.6 is 0 Å². The van der Waals surface area contributed by atoms with Crippen molar-refractivity contribution >= 4 is 17.3 Å². The Morgan fingerprint density at radius 2 is 2.05 bits per heavy atom. The third-order valence-corrected chi connectivity index (χ3v) is 2.40. The maximum absolute atomic E-state index is 11.8. The number of para-hydroxylation sites is 1. The minimum absolute atomic E-state index is 0.00796. The van der Waals surface area contributed by atoms with E-state index in [1.807, 2.05) is 13.8 Å². The summed E-state index contributed by atoms with van der Waals surface area (Å²) in [6, 6.07) is 5.79. The van der Waals surface area contributed by atoms with Gasteiger partial charge in [0.2, 0.25) is 0 Å². The normalized spacial score (nSPS) is 11.5. The highest BCUT2D eigenvalue weighted by Gasteiger charge is 2.18. The van der Waals surface area contributed by atoms with E-state index in [-0.39, 0.29) is 11.3 Å². The second-order valence-electron chi connectivity index (χ2n) is 4.66. The third-order valence-electron chi connectivity index (χ3n) is 2.40. The lowest BCUT2D eigenvalue weighted by atomic mass is 10.1. The van der Waals surface area contributed by atoms with Crippen molar-refractivity contribution in [3.8, 4) is 0 Å². The van der Waals surface area contributed by atoms with Crippen molar-refractivity contribution in [1.82, 2.24) is 5.43 Å². The fourth-order valence-corrected chi connectivity index (χ4v) is 1.67. The molecule has 19 heavy (non-hydrogen) atoms. The molecule has 0 atom stereocenters. The van der Waals surface area contributed by atoms with Crippen LogP contribution in [0.15, 0.2) is 29.4 Å². The highest BCUT2D eigenvalue weighted by atomic mass is 16.6. The maximum Gasteiger partial charge on any atom is 0.282 e. The van der Waals surface area contributed by atoms with Crippen molar-refractivity contribution in [2.75, 3.05) is 0 Å². The number of nitrogens with zero attached hydrogens (tertiary/aromatic N) is 2. The lowest BCUT2D eigenvalue weighted by molar-refractivity contribution is -0.385. The summed E-state index contributed by atoms with van der Waals surface area (Å²) in [6.45, 7) is 5.89. The Balaban J connectivity index is 2.82. The molecule has 1 aromatic rings. The van der Waals surface area contributed by atoms with E-state index in [4.69, 9.17) is 0 Å². The number of amides is 1. The second kappa shape index (κ2) is 6.63. The van der Waals surface area contributed by atoms with Crippen molar-refractivity contribution in [3.05, 3.63) is 39.9 Å². The van der Waals surface area contributed by atoms with Crippen LogP contribution < -0.4 is 5.43 Å². The number of rotatable bonds is 5. The first-order valence-corrected chi connectivity index (χ1v) is 5.98. The Hall–Kier alpha value is -2.24. The van der Waals surface area contributed by atoms with Gasteiger partial charge in [0, 0.05) is 11.8 Å². The molecule has 6 nitrogen and oxygen atoms in total. The second-order valence-corrected chi connectivity index (χ2v) is 4.66. The van der Waals surface area contributed by atoms with Crippen LogP contribution in [0.2, 0.25) is 0 Å². The number of nitro benzene ring substituents is 1. The molecule has 0 saturated carbocycles. The van der Waals surface area contributed by atoms with E-state index in [9.17, 15) is 14.9 Å². The fraction of sp³-hybridized carbons (Fsp3) is 0.385. The summed E-state index contributed by atoms with van der Waals surface area (Å²) >= 11 is 0. The number of carbonyl (C=O) groups is 1. The zero-order valence-corrected chi connectivity index (χ0v) is 11.2. The Bertz CT molecular complexity index is 510. The van der Waals surface area contributed by atoms with Gasteiger partial charge in [-0.25, -0.2) is 5.43 Å². The van der Waals surface area contributed by atoms with E-state index in [0.29, 0.717) is 5.92 Å². The van der Waals surface area contributed by atoms with Crippen LogP contribution in [0.3, 0.4) is 0 Å². The summed E-state index contributed by atoms with van der Waals surface area (Å²) in [4.78, 5) is 22.1. The van der Waals surface area contributed by atoms with Gasteiger partial charge in [-0.1, -0.05) is 26.0 Å². The molecule has 1 rings (SSSR count). The molecular weight excluding hydrogens is 246 g/mol. The van der Waals surface area contributed by atoms with E-state index in [2.05, 4.69) is 10.5 Å². The van der Waals surface area contributed by atoms with Gasteiger partial charge in [0.1, 0.15) is 5.56 Å². The summed E-state index contributed by atoms with van der Waals surface area (Å²) < 4.78 is 0. The van der Waals surface area contributed by atoms with Gasteiger partial charge in [-0.15, -0.1) is 0 Å². The molecule has 102 valence electrons. The van der Waals surface area contributed by atoms with E-state index in [1.54, 1.807) is 13.0 Å². The van der Waals surface area contributed by atoms with E-state index >= 15 is 0 Å². The molecule has 0 spiro atoms. The van der Waals surface area contributed by atoms with Gasteiger partial charge < -0.3 is 0 Å². The van der Waals surface area contributed by atoms with Crippen molar-refractivity contribution in [1.29, 1.82) is 0 Å². The molecule has 0 aliphatic rings. The van der Waals surface area contributed by atoms with Gasteiger partial charge in [-0.3, -0.25) is 14.9 Å². The van der Waals surface area contributed by atoms with Crippen LogP contribution in [0.5, 0.6) is 0 Å². The Kier molecular flexibility index (Phi) is 5.17. The molecular formula is C13H17N3O3. The summed E-state index contributed by atoms with van der Waals surface area (Å²) in [6.07, 6.45) is 0.761. The fourth-order valence-electron chi connectivity index (χ4n) is 1.67. The van der Waals surface area contributed by atoms with E-state index in [1.165, 1.54) is 18.2 Å². The van der Waals surface area contributed by atoms with Crippen molar-refractivity contribution in [3.63, 3.8) is 0 Å². The zero-order chi connectivity index (χ0) is 14.4. The number of carbonyl (C=O) groups excluding carboxylic acids is 1. The summed E-state index contributed by atoms with van der Waals surface area (Å²) in [7, 11) is 0. The van der Waals surface area contributed by atoms with Crippen LogP contribution in [-0.2, 0) is 0 Å². The Morgan fingerprint density at radius 1 is 1.42 bits per heavy atom. The molecule has 1 N–H and O–H groups in total. The predicted octanol–water partition coefficient (Wildman–Crippen LogP) is 2.75. The van der Waals surface area contributed by atoms with Crippen LogP contribution in [0.4, 0.5) is 5.69 Å². The van der Waals surface area contributed by atoms with E-state index < -0.39 is 10.8 Å². The number of benzene rings is 1. The number of hydrogen-bond acceptors (Lipinski definition) is 4. The molecule has 6 heteroatoms. The SMILES string of the molecule is C/C(CC(C)C)=N\NC(=O)c1ccccc1[N+](=O)[O-]. The minimum atomic E-state index is -0.584. The highest BCUT2D eigenvalue weighted by molar-refractivity contribution is 5.98. The third kappa shape index (κ3) is 4.50. The molecule has 0 heterocycles. The average molecular weight is 263 g/mol. The quantitative estimate of drug-likeness (QED) is 0.503. The van der Waals surface area contributed by atoms with Crippen molar-refractivity contribution < 1.29 is 9.72 Å². The molecule has 0 unspecified atom stereocenters. The molecule has 0 aromatic heterocycles. The molecule has 1 amide bonds. The van der Waals surface area contributed by atoms with Gasteiger partial charge in [0.05, 0.1) is 4.92 Å². The average Bonchev–Trinajstić information content (AvgIpc) is 2.35. The summed E-state index contributed by atoms with van der Waals surface area (Å²) in [5.41, 5.74) is 2.91. The topological polar surface area (TPSA) is 84.6 Å². The lowest BCUT2D eigenvalue weighted by Crippen LogP contribution is -2.20. The molecule has 0 aliphatic heterocycles. The van der Waals surface area contributed by atoms with Crippen LogP contribution in [0, 0.1) is 16.0 Å². The number of hydrogen-bond donors (Lipinski definition) is 1. The molecule has 0 fully saturated rings. The van der Waals surface area contributed by atoms with Gasteiger partial charge in [-0.2, -0.15) is 5.10 Å². The van der Waals surface area contributed by atoms with Gasteiger partial charge >= 0.3 is 0 Å². The van der Waals surface area contributed by atoms with Crippen LogP contribution in [-0.4, -0.2) is 16.5 Å². The smallest absolute Gasteiger partial charge is 0.267 e. The zero-order valence-electron chi connectivity index (χ0n) is 11.2. The van der Waals surface area contributed by atoms with Crippen LogP contribution in [0.25, 0.3) is 0 Å². The Morgan fingerprint density at radius 3 is 2.63 bits per heavy atom. The first-order chi connectivity index (χ1) is 8.91. The Labute approximate surface area is 111 Å². The molecule has 1 aromatic carbocycles. The van der Waals surface area contributed by atoms with Gasteiger partial charge in [0.25, 0.3) is 11.6 Å².